The predicted molar refractivity (Wildman–Crippen MR) is 266 cm³/mol. The second kappa shape index (κ2) is 24.6. The molecule has 0 aliphatic carbocycles. The highest BCUT2D eigenvalue weighted by molar-refractivity contribution is 5.65. The lowest BCUT2D eigenvalue weighted by Crippen LogP contribution is -1.89. The molecule has 0 heterocycles. The summed E-state index contributed by atoms with van der Waals surface area (Å²) < 4.78 is 0. The lowest BCUT2D eigenvalue weighted by Gasteiger charge is -2.07. The van der Waals surface area contributed by atoms with Crippen molar-refractivity contribution < 1.29 is 0 Å². The lowest BCUT2D eigenvalue weighted by atomic mass is 9.98. The van der Waals surface area contributed by atoms with Crippen molar-refractivity contribution in [2.75, 3.05) is 0 Å². The van der Waals surface area contributed by atoms with E-state index in [-0.39, 0.29) is 14.9 Å². The van der Waals surface area contributed by atoms with Gasteiger partial charge in [-0.15, -0.1) is 0 Å². The Morgan fingerprint density at radius 3 is 0.483 bits per heavy atom. The molecule has 0 fully saturated rings. The molecule has 0 bridgehead atoms. The van der Waals surface area contributed by atoms with Crippen LogP contribution >= 0.6 is 0 Å². The molecule has 0 spiro atoms. The molecule has 8 aromatic rings. The third-order valence-electron chi connectivity index (χ3n) is 10.2. The van der Waals surface area contributed by atoms with E-state index < -0.39 is 0 Å². The van der Waals surface area contributed by atoms with E-state index in [2.05, 4.69) is 250 Å². The molecule has 0 amide bonds. The summed E-state index contributed by atoms with van der Waals surface area (Å²) in [6.07, 6.45) is 1.99. The summed E-state index contributed by atoms with van der Waals surface area (Å²) >= 11 is 0. The zero-order valence-electron chi connectivity index (χ0n) is 35.9. The molecule has 308 valence electrons. The number of hydrogen-bond donors (Lipinski definition) is 0. The number of rotatable bonds is 6. The van der Waals surface area contributed by atoms with E-state index >= 15 is 0 Å². The minimum Gasteiger partial charge on any atom is -0.0776 e. The van der Waals surface area contributed by atoms with Crippen LogP contribution in [-0.2, 0) is 12.8 Å². The van der Waals surface area contributed by atoms with Gasteiger partial charge in [0.15, 0.2) is 0 Å². The van der Waals surface area contributed by atoms with Gasteiger partial charge in [0.25, 0.3) is 0 Å². The Kier molecular flexibility index (Phi) is 19.8. The Morgan fingerprint density at radius 1 is 0.183 bits per heavy atom. The Hall–Kier alpha value is -6.24. The standard InChI is InChI=1S/C27H24.C15H16.2C8H10.2CH4/c1-20-3-11-24(12-4-20)26-15-7-22(8-16-26)19-23-9-17-27(18-10-23)25-13-5-21(2)6-14-25;1-12-3-7-14(8-4-12)11-15-9-5-13(2)6-10-15;2*1-7-3-5-8(2)6-4-7;;/h3-18H,19H2,1-2H3;3-10H,11H2,1-2H3;2*3-6H,1-2H3;2*1H4. The molecule has 60 heavy (non-hydrogen) atoms. The highest BCUT2D eigenvalue weighted by atomic mass is 14.1. The van der Waals surface area contributed by atoms with Crippen LogP contribution in [0.1, 0.15) is 81.6 Å². The Morgan fingerprint density at radius 2 is 0.300 bits per heavy atom. The first kappa shape index (κ1) is 48.1. The fourth-order valence-corrected chi connectivity index (χ4v) is 6.28. The molecular formula is C60H68. The van der Waals surface area contributed by atoms with E-state index in [1.807, 2.05) is 0 Å². The van der Waals surface area contributed by atoms with Gasteiger partial charge >= 0.3 is 0 Å². The normalized spacial score (nSPS) is 9.87. The molecule has 0 saturated carbocycles. The van der Waals surface area contributed by atoms with Gasteiger partial charge in [0, 0.05) is 0 Å². The molecule has 8 aromatic carbocycles. The van der Waals surface area contributed by atoms with Crippen LogP contribution in [0.2, 0.25) is 0 Å². The first-order valence-electron chi connectivity index (χ1n) is 20.5. The Labute approximate surface area is 364 Å². The SMILES string of the molecule is C.C.Cc1ccc(-c2ccc(Cc3ccc(-c4ccc(C)cc4)cc3)cc2)cc1.Cc1ccc(C)cc1.Cc1ccc(C)cc1.Cc1ccc(Cc2ccc(C)cc2)cc1. The van der Waals surface area contributed by atoms with Crippen molar-refractivity contribution in [2.24, 2.45) is 0 Å². The van der Waals surface area contributed by atoms with Gasteiger partial charge in [-0.25, -0.2) is 0 Å². The molecule has 0 atom stereocenters. The van der Waals surface area contributed by atoms with Gasteiger partial charge < -0.3 is 0 Å². The lowest BCUT2D eigenvalue weighted by molar-refractivity contribution is 1.18. The molecule has 0 heteroatoms. The van der Waals surface area contributed by atoms with Gasteiger partial charge in [0.1, 0.15) is 0 Å². The van der Waals surface area contributed by atoms with Crippen molar-refractivity contribution in [1.82, 2.24) is 0 Å². The molecule has 0 aromatic heterocycles. The van der Waals surface area contributed by atoms with E-state index in [4.69, 9.17) is 0 Å². The summed E-state index contributed by atoms with van der Waals surface area (Å²) in [6, 6.07) is 69.7. The first-order chi connectivity index (χ1) is 28.0. The van der Waals surface area contributed by atoms with Gasteiger partial charge in [-0.3, -0.25) is 0 Å². The molecule has 0 saturated heterocycles. The second-order valence-corrected chi connectivity index (χ2v) is 15.8. The summed E-state index contributed by atoms with van der Waals surface area (Å²) in [5, 5.41) is 0. The van der Waals surface area contributed by atoms with Gasteiger partial charge in [-0.1, -0.05) is 253 Å². The average Bonchev–Trinajstić information content (AvgIpc) is 3.24. The van der Waals surface area contributed by atoms with Crippen molar-refractivity contribution in [1.29, 1.82) is 0 Å². The number of hydrogen-bond acceptors (Lipinski definition) is 0. The number of aryl methyl sites for hydroxylation is 8. The van der Waals surface area contributed by atoms with E-state index in [0.29, 0.717) is 0 Å². The van der Waals surface area contributed by atoms with Gasteiger partial charge in [0.2, 0.25) is 0 Å². The highest BCUT2D eigenvalue weighted by Gasteiger charge is 2.02. The van der Waals surface area contributed by atoms with Crippen molar-refractivity contribution in [3.05, 3.63) is 261 Å². The van der Waals surface area contributed by atoms with Crippen LogP contribution in [0.15, 0.2) is 194 Å². The predicted octanol–water partition coefficient (Wildman–Crippen LogP) is 17.0. The molecule has 0 radical (unpaired) electrons. The van der Waals surface area contributed by atoms with E-state index in [1.165, 1.54) is 89.0 Å². The maximum absolute atomic E-state index is 2.24. The minimum absolute atomic E-state index is 0. The van der Waals surface area contributed by atoms with Crippen LogP contribution in [0.4, 0.5) is 0 Å². The zero-order chi connectivity index (χ0) is 41.3. The molecule has 0 unspecified atom stereocenters. The van der Waals surface area contributed by atoms with Crippen molar-refractivity contribution in [2.45, 2.75) is 83.1 Å². The Balaban J connectivity index is 0.000000244. The molecule has 0 aliphatic heterocycles. The van der Waals surface area contributed by atoms with Gasteiger partial charge in [-0.2, -0.15) is 0 Å². The fourth-order valence-electron chi connectivity index (χ4n) is 6.28. The highest BCUT2D eigenvalue weighted by Crippen LogP contribution is 2.24. The zero-order valence-corrected chi connectivity index (χ0v) is 35.9. The average molecular weight is 789 g/mol. The summed E-state index contributed by atoms with van der Waals surface area (Å²) in [6.45, 7) is 16.9. The van der Waals surface area contributed by atoms with Crippen LogP contribution < -0.4 is 0 Å². The topological polar surface area (TPSA) is 0 Å². The summed E-state index contributed by atoms with van der Waals surface area (Å²) in [4.78, 5) is 0. The van der Waals surface area contributed by atoms with Crippen LogP contribution in [0.5, 0.6) is 0 Å². The molecule has 0 aliphatic rings. The molecule has 0 nitrogen and oxygen atoms in total. The second-order valence-electron chi connectivity index (χ2n) is 15.8. The summed E-state index contributed by atoms with van der Waals surface area (Å²) in [7, 11) is 0. The fraction of sp³-hybridized carbons (Fsp3) is 0.200. The summed E-state index contributed by atoms with van der Waals surface area (Å²) in [5.41, 5.74) is 21.1. The minimum atomic E-state index is 0. The van der Waals surface area contributed by atoms with E-state index in [9.17, 15) is 0 Å². The monoisotopic (exact) mass is 789 g/mol. The molecular weight excluding hydrogens is 721 g/mol. The number of benzene rings is 8. The van der Waals surface area contributed by atoms with Gasteiger partial charge in [0.05, 0.1) is 0 Å². The van der Waals surface area contributed by atoms with Crippen molar-refractivity contribution in [3.8, 4) is 22.3 Å². The van der Waals surface area contributed by atoms with E-state index in [1.54, 1.807) is 0 Å². The van der Waals surface area contributed by atoms with Crippen molar-refractivity contribution >= 4 is 0 Å². The van der Waals surface area contributed by atoms with E-state index in [0.717, 1.165) is 12.8 Å². The van der Waals surface area contributed by atoms with Crippen molar-refractivity contribution in [3.63, 3.8) is 0 Å². The van der Waals surface area contributed by atoms with Crippen LogP contribution in [-0.4, -0.2) is 0 Å². The maximum atomic E-state index is 2.24. The van der Waals surface area contributed by atoms with Gasteiger partial charge in [-0.05, 0) is 113 Å². The maximum Gasteiger partial charge on any atom is -0.00258 e. The van der Waals surface area contributed by atoms with Crippen LogP contribution in [0, 0.1) is 55.4 Å². The molecule has 8 rings (SSSR count). The quantitative estimate of drug-likeness (QED) is 0.157. The van der Waals surface area contributed by atoms with Crippen LogP contribution in [0.25, 0.3) is 22.3 Å². The largest absolute Gasteiger partial charge is 0.0776 e. The smallest absolute Gasteiger partial charge is 0.00258 e. The third kappa shape index (κ3) is 16.6. The Bertz CT molecular complexity index is 2140. The first-order valence-corrected chi connectivity index (χ1v) is 20.5. The van der Waals surface area contributed by atoms with Crippen LogP contribution in [0.3, 0.4) is 0 Å². The molecule has 0 N–H and O–H groups in total. The third-order valence-corrected chi connectivity index (χ3v) is 10.2. The summed E-state index contributed by atoms with van der Waals surface area (Å²) in [5.74, 6) is 0.